The third kappa shape index (κ3) is 7.78. The summed E-state index contributed by atoms with van der Waals surface area (Å²) in [5, 5.41) is 11.0. The Balaban J connectivity index is 0.000000262. The number of nitrogens with zero attached hydrogens (tertiary/aromatic N) is 3. The maximum atomic E-state index is 9.82. The van der Waals surface area contributed by atoms with Gasteiger partial charge in [0.25, 0.3) is 0 Å². The Kier molecular flexibility index (Phi) is 7.40. The van der Waals surface area contributed by atoms with Crippen LogP contribution in [0, 0.1) is 0 Å². The molecule has 0 aromatic rings. The van der Waals surface area contributed by atoms with Crippen LogP contribution in [0.5, 0.6) is 0 Å². The highest BCUT2D eigenvalue weighted by molar-refractivity contribution is 5.72. The van der Waals surface area contributed by atoms with Gasteiger partial charge in [-0.25, -0.2) is 0 Å². The SMILES string of the molecule is C[C@H](N=[N+]=[N-])C(=O)O.NC1CCCCC1. The second-order valence-corrected chi connectivity index (χ2v) is 3.62. The van der Waals surface area contributed by atoms with Crippen molar-refractivity contribution in [2.24, 2.45) is 10.8 Å². The van der Waals surface area contributed by atoms with Gasteiger partial charge in [-0.1, -0.05) is 24.4 Å². The molecule has 6 nitrogen and oxygen atoms in total. The highest BCUT2D eigenvalue weighted by atomic mass is 16.4. The fourth-order valence-corrected chi connectivity index (χ4v) is 1.26. The minimum absolute atomic E-state index is 0.536. The Morgan fingerprint density at radius 1 is 1.53 bits per heavy atom. The molecule has 3 N–H and O–H groups in total. The molecule has 1 rings (SSSR count). The molecule has 1 fully saturated rings. The minimum Gasteiger partial charge on any atom is -0.481 e. The van der Waals surface area contributed by atoms with E-state index < -0.39 is 12.0 Å². The van der Waals surface area contributed by atoms with Gasteiger partial charge in [-0.2, -0.15) is 0 Å². The van der Waals surface area contributed by atoms with Gasteiger partial charge in [0, 0.05) is 11.0 Å². The van der Waals surface area contributed by atoms with Crippen LogP contribution in [0.15, 0.2) is 5.11 Å². The summed E-state index contributed by atoms with van der Waals surface area (Å²) in [6.07, 6.45) is 6.66. The molecule has 1 saturated carbocycles. The number of aliphatic carboxylic acids is 1. The van der Waals surface area contributed by atoms with Crippen LogP contribution in [0.3, 0.4) is 0 Å². The lowest BCUT2D eigenvalue weighted by Gasteiger charge is -2.15. The molecular formula is C9H18N4O2. The van der Waals surface area contributed by atoms with Crippen LogP contribution in [0.2, 0.25) is 0 Å². The summed E-state index contributed by atoms with van der Waals surface area (Å²) in [4.78, 5) is 12.1. The third-order valence-electron chi connectivity index (χ3n) is 2.23. The number of carboxylic acids is 1. The van der Waals surface area contributed by atoms with E-state index in [-0.39, 0.29) is 0 Å². The Labute approximate surface area is 89.1 Å². The van der Waals surface area contributed by atoms with E-state index in [1.165, 1.54) is 39.0 Å². The second kappa shape index (κ2) is 8.08. The van der Waals surface area contributed by atoms with Gasteiger partial charge in [0.2, 0.25) is 0 Å². The number of rotatable bonds is 2. The molecule has 0 amide bonds. The zero-order valence-electron chi connectivity index (χ0n) is 8.96. The van der Waals surface area contributed by atoms with Crippen LogP contribution in [-0.4, -0.2) is 23.2 Å². The van der Waals surface area contributed by atoms with E-state index in [1.54, 1.807) is 0 Å². The lowest BCUT2D eigenvalue weighted by atomic mass is 9.97. The predicted octanol–water partition coefficient (Wildman–Crippen LogP) is 2.05. The monoisotopic (exact) mass is 214 g/mol. The Morgan fingerprint density at radius 2 is 2.07 bits per heavy atom. The van der Waals surface area contributed by atoms with E-state index >= 15 is 0 Å². The first-order valence-electron chi connectivity index (χ1n) is 5.10. The maximum Gasteiger partial charge on any atom is 0.312 e. The normalized spacial score (nSPS) is 18.0. The van der Waals surface area contributed by atoms with Gasteiger partial charge in [0.05, 0.1) is 0 Å². The van der Waals surface area contributed by atoms with Gasteiger partial charge < -0.3 is 10.8 Å². The smallest absolute Gasteiger partial charge is 0.312 e. The fraction of sp³-hybridized carbons (Fsp3) is 0.889. The second-order valence-electron chi connectivity index (χ2n) is 3.62. The molecule has 0 aromatic heterocycles. The van der Waals surface area contributed by atoms with Crippen LogP contribution in [-0.2, 0) is 4.79 Å². The number of carbonyl (C=O) groups is 1. The number of hydrogen-bond donors (Lipinski definition) is 2. The summed E-state index contributed by atoms with van der Waals surface area (Å²) < 4.78 is 0. The molecule has 0 aromatic carbocycles. The fourth-order valence-electron chi connectivity index (χ4n) is 1.26. The number of carboxylic acid groups (broad SMARTS) is 1. The average molecular weight is 214 g/mol. The Morgan fingerprint density at radius 3 is 2.27 bits per heavy atom. The molecule has 0 bridgehead atoms. The molecule has 0 unspecified atom stereocenters. The summed E-state index contributed by atoms with van der Waals surface area (Å²) >= 11 is 0. The zero-order chi connectivity index (χ0) is 11.7. The van der Waals surface area contributed by atoms with Crippen LogP contribution >= 0.6 is 0 Å². The van der Waals surface area contributed by atoms with Crippen molar-refractivity contribution in [1.29, 1.82) is 0 Å². The summed E-state index contributed by atoms with van der Waals surface area (Å²) in [5.41, 5.74) is 13.3. The molecule has 0 aliphatic heterocycles. The zero-order valence-corrected chi connectivity index (χ0v) is 8.96. The largest absolute Gasteiger partial charge is 0.481 e. The molecule has 0 heterocycles. The van der Waals surface area contributed by atoms with Crippen LogP contribution in [0.4, 0.5) is 0 Å². The van der Waals surface area contributed by atoms with E-state index in [0.717, 1.165) is 0 Å². The number of nitrogens with two attached hydrogens (primary N) is 1. The Hall–Kier alpha value is -1.26. The summed E-state index contributed by atoms with van der Waals surface area (Å²) in [6.45, 7) is 1.31. The standard InChI is InChI=1S/C6H13N.C3H5N3O2/c7-6-4-2-1-3-5-6;1-2(3(7)8)5-6-4/h6H,1-5,7H2;2H,1H3,(H,7,8)/t;2-/m.0/s1. The molecule has 0 radical (unpaired) electrons. The summed E-state index contributed by atoms with van der Waals surface area (Å²) in [6, 6.07) is -0.422. The van der Waals surface area contributed by atoms with E-state index in [1.807, 2.05) is 0 Å². The van der Waals surface area contributed by atoms with Gasteiger partial charge >= 0.3 is 5.97 Å². The van der Waals surface area contributed by atoms with Crippen molar-refractivity contribution in [1.82, 2.24) is 0 Å². The van der Waals surface area contributed by atoms with E-state index in [0.29, 0.717) is 6.04 Å². The Bertz CT molecular complexity index is 230. The predicted molar refractivity (Wildman–Crippen MR) is 57.3 cm³/mol. The molecule has 0 spiro atoms. The van der Waals surface area contributed by atoms with Gasteiger partial charge in [0.1, 0.15) is 6.04 Å². The van der Waals surface area contributed by atoms with E-state index in [2.05, 4.69) is 10.0 Å². The minimum atomic E-state index is -1.11. The first kappa shape index (κ1) is 13.7. The van der Waals surface area contributed by atoms with Gasteiger partial charge in [-0.05, 0) is 25.3 Å². The quantitative estimate of drug-likeness (QED) is 0.416. The highest BCUT2D eigenvalue weighted by Crippen LogP contribution is 2.14. The highest BCUT2D eigenvalue weighted by Gasteiger charge is 2.06. The van der Waals surface area contributed by atoms with Crippen LogP contribution in [0.25, 0.3) is 10.4 Å². The maximum absolute atomic E-state index is 9.82. The van der Waals surface area contributed by atoms with Crippen molar-refractivity contribution in [3.05, 3.63) is 10.4 Å². The van der Waals surface area contributed by atoms with Crippen molar-refractivity contribution in [2.75, 3.05) is 0 Å². The van der Waals surface area contributed by atoms with E-state index in [9.17, 15) is 4.79 Å². The van der Waals surface area contributed by atoms with Crippen molar-refractivity contribution in [3.63, 3.8) is 0 Å². The average Bonchev–Trinajstić information content (AvgIpc) is 2.20. The van der Waals surface area contributed by atoms with Gasteiger partial charge in [-0.3, -0.25) is 4.79 Å². The number of hydrogen-bond acceptors (Lipinski definition) is 3. The molecule has 86 valence electrons. The molecule has 1 aliphatic carbocycles. The van der Waals surface area contributed by atoms with Crippen molar-refractivity contribution in [3.8, 4) is 0 Å². The first-order valence-corrected chi connectivity index (χ1v) is 5.10. The molecule has 1 atom stereocenters. The van der Waals surface area contributed by atoms with Crippen molar-refractivity contribution < 1.29 is 9.90 Å². The summed E-state index contributed by atoms with van der Waals surface area (Å²) in [5.74, 6) is -1.11. The topological polar surface area (TPSA) is 112 Å². The van der Waals surface area contributed by atoms with Crippen molar-refractivity contribution in [2.45, 2.75) is 51.1 Å². The molecule has 15 heavy (non-hydrogen) atoms. The van der Waals surface area contributed by atoms with Crippen LogP contribution in [0.1, 0.15) is 39.0 Å². The first-order chi connectivity index (χ1) is 7.07. The third-order valence-corrected chi connectivity index (χ3v) is 2.23. The molecular weight excluding hydrogens is 196 g/mol. The number of azide groups is 1. The lowest BCUT2D eigenvalue weighted by molar-refractivity contribution is -0.138. The van der Waals surface area contributed by atoms with Crippen molar-refractivity contribution >= 4 is 5.97 Å². The van der Waals surface area contributed by atoms with Gasteiger partial charge in [0.15, 0.2) is 0 Å². The molecule has 1 aliphatic rings. The molecule has 0 saturated heterocycles. The van der Waals surface area contributed by atoms with E-state index in [4.69, 9.17) is 16.4 Å². The summed E-state index contributed by atoms with van der Waals surface area (Å²) in [7, 11) is 0. The van der Waals surface area contributed by atoms with Crippen LogP contribution < -0.4 is 5.73 Å². The van der Waals surface area contributed by atoms with Gasteiger partial charge in [-0.15, -0.1) is 0 Å². The lowest BCUT2D eigenvalue weighted by Crippen LogP contribution is -2.22. The molecule has 6 heteroatoms.